The Morgan fingerprint density at radius 2 is 0.952 bits per heavy atom. The smallest absolute Gasteiger partial charge is 0.262 e. The summed E-state index contributed by atoms with van der Waals surface area (Å²) in [7, 11) is 3.14. The van der Waals surface area contributed by atoms with Crippen molar-refractivity contribution in [2.24, 2.45) is 0 Å². The fourth-order valence-corrected chi connectivity index (χ4v) is 4.41. The maximum Gasteiger partial charge on any atom is 0.262 e. The van der Waals surface area contributed by atoms with Crippen molar-refractivity contribution in [2.75, 3.05) is 38.1 Å². The summed E-state index contributed by atoms with van der Waals surface area (Å²) in [5.74, 6) is 1.66. The van der Waals surface area contributed by atoms with Crippen LogP contribution in [0.4, 0.5) is 11.4 Å². The minimum absolute atomic E-state index is 0.142. The minimum Gasteiger partial charge on any atom is -0.493 e. The molecule has 8 nitrogen and oxygen atoms in total. The topological polar surface area (TPSA) is 95.1 Å². The Kier molecular flexibility index (Phi) is 9.70. The van der Waals surface area contributed by atoms with Gasteiger partial charge in [0.25, 0.3) is 11.8 Å². The lowest BCUT2D eigenvalue weighted by Gasteiger charge is -2.14. The molecule has 0 heterocycles. The Hall–Kier alpha value is -4.98. The van der Waals surface area contributed by atoms with Crippen LogP contribution < -0.4 is 29.6 Å². The van der Waals surface area contributed by atoms with E-state index >= 15 is 0 Å². The van der Waals surface area contributed by atoms with Gasteiger partial charge in [-0.15, -0.1) is 0 Å². The number of ether oxygens (including phenoxy) is 4. The van der Waals surface area contributed by atoms with E-state index in [1.54, 1.807) is 26.4 Å². The van der Waals surface area contributed by atoms with Gasteiger partial charge in [0.05, 0.1) is 14.2 Å². The molecule has 0 aliphatic heterocycles. The molecule has 8 heteroatoms. The molecule has 0 fully saturated rings. The van der Waals surface area contributed by atoms with E-state index in [2.05, 4.69) is 10.6 Å². The summed E-state index contributed by atoms with van der Waals surface area (Å²) in [6, 6.07) is 22.8. The first-order valence-corrected chi connectivity index (χ1v) is 13.5. The molecule has 2 N–H and O–H groups in total. The summed E-state index contributed by atoms with van der Waals surface area (Å²) in [5.41, 5.74) is 7.28. The fourth-order valence-electron chi connectivity index (χ4n) is 4.41. The Bertz CT molecular complexity index is 1480. The lowest BCUT2D eigenvalue weighted by molar-refractivity contribution is -0.118. The number of aryl methyl sites for hydroxylation is 4. The molecule has 0 saturated carbocycles. The molecule has 4 rings (SSSR count). The maximum atomic E-state index is 12.6. The van der Waals surface area contributed by atoms with Crippen LogP contribution in [0.3, 0.4) is 0 Å². The average molecular weight is 569 g/mol. The quantitative estimate of drug-likeness (QED) is 0.211. The molecular weight excluding hydrogens is 532 g/mol. The highest BCUT2D eigenvalue weighted by atomic mass is 16.5. The van der Waals surface area contributed by atoms with Crippen LogP contribution >= 0.6 is 0 Å². The van der Waals surface area contributed by atoms with E-state index in [-0.39, 0.29) is 25.0 Å². The summed E-state index contributed by atoms with van der Waals surface area (Å²) >= 11 is 0. The zero-order chi connectivity index (χ0) is 30.2. The third-order valence-corrected chi connectivity index (χ3v) is 6.69. The van der Waals surface area contributed by atoms with Gasteiger partial charge in [0.2, 0.25) is 0 Å². The number of methoxy groups -OCH3 is 2. The van der Waals surface area contributed by atoms with Crippen LogP contribution in [0.1, 0.15) is 22.3 Å². The van der Waals surface area contributed by atoms with Gasteiger partial charge in [-0.25, -0.2) is 0 Å². The van der Waals surface area contributed by atoms with E-state index < -0.39 is 0 Å². The Morgan fingerprint density at radius 1 is 0.548 bits per heavy atom. The number of benzene rings is 4. The van der Waals surface area contributed by atoms with Crippen LogP contribution in [-0.4, -0.2) is 39.2 Å². The predicted molar refractivity (Wildman–Crippen MR) is 165 cm³/mol. The molecule has 0 radical (unpaired) electrons. The van der Waals surface area contributed by atoms with Crippen molar-refractivity contribution in [2.45, 2.75) is 27.7 Å². The molecule has 0 aliphatic carbocycles. The number of rotatable bonds is 11. The van der Waals surface area contributed by atoms with Crippen molar-refractivity contribution in [1.29, 1.82) is 0 Å². The monoisotopic (exact) mass is 568 g/mol. The zero-order valence-electron chi connectivity index (χ0n) is 24.8. The first kappa shape index (κ1) is 30.0. The van der Waals surface area contributed by atoms with E-state index in [4.69, 9.17) is 18.9 Å². The van der Waals surface area contributed by atoms with Crippen molar-refractivity contribution >= 4 is 23.2 Å². The second kappa shape index (κ2) is 13.6. The minimum atomic E-state index is -0.269. The predicted octanol–water partition coefficient (Wildman–Crippen LogP) is 6.64. The van der Waals surface area contributed by atoms with Crippen LogP contribution in [0.25, 0.3) is 11.1 Å². The molecule has 42 heavy (non-hydrogen) atoms. The normalized spacial score (nSPS) is 10.5. The Balaban J connectivity index is 1.35. The molecule has 0 aromatic heterocycles. The highest BCUT2D eigenvalue weighted by molar-refractivity contribution is 5.94. The Labute approximate surface area is 246 Å². The molecule has 0 aliphatic rings. The summed E-state index contributed by atoms with van der Waals surface area (Å²) in [6.45, 7) is 7.51. The number of nitrogens with one attached hydrogen (secondary N) is 2. The standard InChI is InChI=1S/C34H36N2O6/c1-21-7-13-29(31(15-21)39-5)41-19-33(37)35-27-11-9-25(17-23(27)3)26-10-12-28(24(4)18-26)36-34(38)20-42-30-14-8-22(2)16-32(30)40-6/h7-18H,19-20H2,1-6H3,(H,35,37)(H,36,38). The van der Waals surface area contributed by atoms with Gasteiger partial charge in [-0.05, 0) is 110 Å². The summed E-state index contributed by atoms with van der Waals surface area (Å²) in [5, 5.41) is 5.82. The zero-order valence-corrected chi connectivity index (χ0v) is 24.8. The number of hydrogen-bond donors (Lipinski definition) is 2. The van der Waals surface area contributed by atoms with Crippen LogP contribution in [0.2, 0.25) is 0 Å². The molecule has 0 atom stereocenters. The molecule has 0 saturated heterocycles. The number of carbonyl (C=O) groups is 2. The van der Waals surface area contributed by atoms with Gasteiger partial charge in [0.1, 0.15) is 0 Å². The lowest BCUT2D eigenvalue weighted by Crippen LogP contribution is -2.21. The van der Waals surface area contributed by atoms with Crippen molar-refractivity contribution in [3.05, 3.63) is 95.1 Å². The largest absolute Gasteiger partial charge is 0.493 e. The van der Waals surface area contributed by atoms with Crippen LogP contribution in [0.15, 0.2) is 72.8 Å². The highest BCUT2D eigenvalue weighted by Gasteiger charge is 2.12. The van der Waals surface area contributed by atoms with Crippen molar-refractivity contribution in [1.82, 2.24) is 0 Å². The van der Waals surface area contributed by atoms with E-state index in [1.807, 2.05) is 88.4 Å². The summed E-state index contributed by atoms with van der Waals surface area (Å²) in [4.78, 5) is 25.2. The number of carbonyl (C=O) groups excluding carboxylic acids is 2. The fraction of sp³-hybridized carbons (Fsp3) is 0.235. The van der Waals surface area contributed by atoms with Crippen LogP contribution in [0, 0.1) is 27.7 Å². The van der Waals surface area contributed by atoms with Gasteiger partial charge >= 0.3 is 0 Å². The highest BCUT2D eigenvalue weighted by Crippen LogP contribution is 2.30. The second-order valence-electron chi connectivity index (χ2n) is 10.0. The first-order valence-electron chi connectivity index (χ1n) is 13.5. The first-order chi connectivity index (χ1) is 20.2. The molecule has 4 aromatic rings. The SMILES string of the molecule is COc1cc(C)ccc1OCC(=O)Nc1ccc(-c2ccc(NC(=O)COc3ccc(C)cc3OC)c(C)c2)cc1C. The molecule has 218 valence electrons. The molecule has 2 amide bonds. The van der Waals surface area contributed by atoms with Crippen molar-refractivity contribution in [3.63, 3.8) is 0 Å². The third kappa shape index (κ3) is 7.60. The lowest BCUT2D eigenvalue weighted by atomic mass is 10.00. The van der Waals surface area contributed by atoms with Crippen LogP contribution in [-0.2, 0) is 9.59 Å². The average Bonchev–Trinajstić information content (AvgIpc) is 2.97. The molecular formula is C34H36N2O6. The van der Waals surface area contributed by atoms with E-state index in [9.17, 15) is 9.59 Å². The van der Waals surface area contributed by atoms with Gasteiger partial charge in [-0.3, -0.25) is 9.59 Å². The third-order valence-electron chi connectivity index (χ3n) is 6.69. The molecule has 0 spiro atoms. The maximum absolute atomic E-state index is 12.6. The van der Waals surface area contributed by atoms with Crippen molar-refractivity contribution < 1.29 is 28.5 Å². The number of amides is 2. The van der Waals surface area contributed by atoms with E-state index in [1.165, 1.54) is 0 Å². The van der Waals surface area contributed by atoms with Gasteiger partial charge in [-0.2, -0.15) is 0 Å². The van der Waals surface area contributed by atoms with Gasteiger partial charge in [-0.1, -0.05) is 24.3 Å². The number of hydrogen-bond acceptors (Lipinski definition) is 6. The van der Waals surface area contributed by atoms with Gasteiger partial charge < -0.3 is 29.6 Å². The van der Waals surface area contributed by atoms with E-state index in [0.717, 1.165) is 33.4 Å². The Morgan fingerprint density at radius 3 is 1.31 bits per heavy atom. The van der Waals surface area contributed by atoms with Crippen molar-refractivity contribution in [3.8, 4) is 34.1 Å². The second-order valence-corrected chi connectivity index (χ2v) is 10.0. The van der Waals surface area contributed by atoms with E-state index in [0.29, 0.717) is 34.4 Å². The molecule has 4 aromatic carbocycles. The molecule has 0 unspecified atom stereocenters. The van der Waals surface area contributed by atoms with Gasteiger partial charge in [0, 0.05) is 11.4 Å². The number of anilines is 2. The van der Waals surface area contributed by atoms with Crippen LogP contribution in [0.5, 0.6) is 23.0 Å². The molecule has 0 bridgehead atoms. The van der Waals surface area contributed by atoms with Gasteiger partial charge in [0.15, 0.2) is 36.2 Å². The summed E-state index contributed by atoms with van der Waals surface area (Å²) in [6.07, 6.45) is 0. The summed E-state index contributed by atoms with van der Waals surface area (Å²) < 4.78 is 22.0.